The van der Waals surface area contributed by atoms with Crippen LogP contribution < -0.4 is 5.32 Å². The van der Waals surface area contributed by atoms with Crippen molar-refractivity contribution in [3.8, 4) is 5.75 Å². The molecule has 0 heterocycles. The van der Waals surface area contributed by atoms with Crippen LogP contribution in [-0.4, -0.2) is 24.9 Å². The second-order valence-electron chi connectivity index (χ2n) is 3.46. The summed E-state index contributed by atoms with van der Waals surface area (Å²) in [6.07, 6.45) is 0. The molecule has 0 fully saturated rings. The van der Waals surface area contributed by atoms with Gasteiger partial charge in [-0.05, 0) is 19.4 Å². The maximum Gasteiger partial charge on any atom is 0.122 e. The minimum absolute atomic E-state index is 0.390. The van der Waals surface area contributed by atoms with Crippen LogP contribution in [-0.2, 0) is 11.3 Å². The zero-order chi connectivity index (χ0) is 11.1. The molecule has 1 aromatic rings. The molecule has 0 spiro atoms. The molecule has 2 N–H and O–H groups in total. The van der Waals surface area contributed by atoms with Gasteiger partial charge in [-0.15, -0.1) is 0 Å². The van der Waals surface area contributed by atoms with E-state index in [0.29, 0.717) is 18.9 Å². The average Bonchev–Trinajstić information content (AvgIpc) is 2.24. The van der Waals surface area contributed by atoms with Crippen molar-refractivity contribution in [1.29, 1.82) is 0 Å². The smallest absolute Gasteiger partial charge is 0.122 e. The number of phenols is 1. The van der Waals surface area contributed by atoms with Crippen LogP contribution in [0.4, 0.5) is 0 Å². The van der Waals surface area contributed by atoms with Crippen LogP contribution in [0.5, 0.6) is 5.75 Å². The summed E-state index contributed by atoms with van der Waals surface area (Å²) in [5, 5.41) is 12.9. The summed E-state index contributed by atoms with van der Waals surface area (Å²) in [6, 6.07) is 5.78. The number of hydrogen-bond acceptors (Lipinski definition) is 3. The maximum atomic E-state index is 9.73. The van der Waals surface area contributed by atoms with Crippen molar-refractivity contribution in [2.45, 2.75) is 20.4 Å². The Morgan fingerprint density at radius 2 is 2.20 bits per heavy atom. The van der Waals surface area contributed by atoms with E-state index in [1.807, 2.05) is 32.0 Å². The van der Waals surface area contributed by atoms with Crippen molar-refractivity contribution in [1.82, 2.24) is 5.32 Å². The Hall–Kier alpha value is -1.06. The number of aromatic hydroxyl groups is 1. The molecule has 0 aliphatic rings. The molecule has 84 valence electrons. The first-order valence-electron chi connectivity index (χ1n) is 5.31. The van der Waals surface area contributed by atoms with E-state index in [4.69, 9.17) is 4.74 Å². The zero-order valence-corrected chi connectivity index (χ0v) is 9.42. The van der Waals surface area contributed by atoms with Gasteiger partial charge in [-0.25, -0.2) is 0 Å². The number of nitrogens with one attached hydrogen (secondary N) is 1. The lowest BCUT2D eigenvalue weighted by Gasteiger charge is -2.08. The first-order valence-corrected chi connectivity index (χ1v) is 5.31. The molecule has 0 aromatic heterocycles. The molecule has 0 bridgehead atoms. The highest BCUT2D eigenvalue weighted by Gasteiger charge is 2.02. The summed E-state index contributed by atoms with van der Waals surface area (Å²) in [6.45, 7) is 6.83. The lowest BCUT2D eigenvalue weighted by molar-refractivity contribution is 0.149. The standard InChI is InChI=1S/C12H19NO2/c1-3-15-8-7-13-9-11-6-4-5-10(2)12(11)14/h4-6,13-14H,3,7-9H2,1-2H3. The van der Waals surface area contributed by atoms with Crippen molar-refractivity contribution >= 4 is 0 Å². The highest BCUT2D eigenvalue weighted by Crippen LogP contribution is 2.20. The number of para-hydroxylation sites is 1. The molecule has 0 saturated carbocycles. The van der Waals surface area contributed by atoms with Gasteiger partial charge >= 0.3 is 0 Å². The second-order valence-corrected chi connectivity index (χ2v) is 3.46. The number of ether oxygens (including phenoxy) is 1. The predicted octanol–water partition coefficient (Wildman–Crippen LogP) is 1.83. The minimum Gasteiger partial charge on any atom is -0.507 e. The summed E-state index contributed by atoms with van der Waals surface area (Å²) in [5.74, 6) is 0.390. The van der Waals surface area contributed by atoms with E-state index in [0.717, 1.165) is 24.3 Å². The summed E-state index contributed by atoms with van der Waals surface area (Å²) < 4.78 is 5.20. The maximum absolute atomic E-state index is 9.73. The van der Waals surface area contributed by atoms with Crippen LogP contribution in [0.15, 0.2) is 18.2 Å². The predicted molar refractivity (Wildman–Crippen MR) is 61.0 cm³/mol. The Morgan fingerprint density at radius 3 is 2.93 bits per heavy atom. The van der Waals surface area contributed by atoms with E-state index in [1.165, 1.54) is 0 Å². The molecule has 0 unspecified atom stereocenters. The molecule has 1 aromatic carbocycles. The van der Waals surface area contributed by atoms with Crippen molar-refractivity contribution < 1.29 is 9.84 Å². The molecule has 1 rings (SSSR count). The summed E-state index contributed by atoms with van der Waals surface area (Å²) in [4.78, 5) is 0. The summed E-state index contributed by atoms with van der Waals surface area (Å²) in [7, 11) is 0. The lowest BCUT2D eigenvalue weighted by Crippen LogP contribution is -2.19. The van der Waals surface area contributed by atoms with Crippen LogP contribution in [0.25, 0.3) is 0 Å². The van der Waals surface area contributed by atoms with E-state index in [9.17, 15) is 5.11 Å². The Kier molecular flexibility index (Phi) is 5.15. The van der Waals surface area contributed by atoms with Gasteiger partial charge < -0.3 is 15.2 Å². The topological polar surface area (TPSA) is 41.5 Å². The molecule has 15 heavy (non-hydrogen) atoms. The molecule has 0 aliphatic carbocycles. The van der Waals surface area contributed by atoms with Gasteiger partial charge in [0.25, 0.3) is 0 Å². The molecule has 0 saturated heterocycles. The Balaban J connectivity index is 2.34. The first-order chi connectivity index (χ1) is 7.25. The molecular weight excluding hydrogens is 190 g/mol. The molecular formula is C12H19NO2. The van der Waals surface area contributed by atoms with Crippen molar-refractivity contribution in [2.24, 2.45) is 0 Å². The largest absolute Gasteiger partial charge is 0.507 e. The van der Waals surface area contributed by atoms with Gasteiger partial charge in [0.2, 0.25) is 0 Å². The van der Waals surface area contributed by atoms with E-state index < -0.39 is 0 Å². The molecule has 0 radical (unpaired) electrons. The monoisotopic (exact) mass is 209 g/mol. The van der Waals surface area contributed by atoms with Crippen molar-refractivity contribution in [3.63, 3.8) is 0 Å². The Labute approximate surface area is 91.1 Å². The number of aryl methyl sites for hydroxylation is 1. The number of rotatable bonds is 6. The molecule has 3 nitrogen and oxygen atoms in total. The van der Waals surface area contributed by atoms with E-state index in [2.05, 4.69) is 5.32 Å². The van der Waals surface area contributed by atoms with Gasteiger partial charge in [-0.2, -0.15) is 0 Å². The second kappa shape index (κ2) is 6.43. The first kappa shape index (κ1) is 12.0. The molecule has 3 heteroatoms. The van der Waals surface area contributed by atoms with E-state index >= 15 is 0 Å². The van der Waals surface area contributed by atoms with Crippen LogP contribution >= 0.6 is 0 Å². The number of benzene rings is 1. The van der Waals surface area contributed by atoms with Crippen LogP contribution in [0, 0.1) is 6.92 Å². The van der Waals surface area contributed by atoms with Gasteiger partial charge in [0.1, 0.15) is 5.75 Å². The van der Waals surface area contributed by atoms with Gasteiger partial charge in [0.05, 0.1) is 6.61 Å². The molecule has 0 aliphatic heterocycles. The Morgan fingerprint density at radius 1 is 1.40 bits per heavy atom. The number of hydrogen-bond donors (Lipinski definition) is 2. The van der Waals surface area contributed by atoms with E-state index in [-0.39, 0.29) is 0 Å². The van der Waals surface area contributed by atoms with Crippen LogP contribution in [0.2, 0.25) is 0 Å². The fourth-order valence-corrected chi connectivity index (χ4v) is 1.37. The zero-order valence-electron chi connectivity index (χ0n) is 9.42. The van der Waals surface area contributed by atoms with Gasteiger partial charge in [0, 0.05) is 25.3 Å². The van der Waals surface area contributed by atoms with Crippen LogP contribution in [0.1, 0.15) is 18.1 Å². The molecule has 0 atom stereocenters. The quantitative estimate of drug-likeness (QED) is 0.702. The third kappa shape index (κ3) is 3.90. The highest BCUT2D eigenvalue weighted by atomic mass is 16.5. The van der Waals surface area contributed by atoms with Gasteiger partial charge in [-0.1, -0.05) is 18.2 Å². The highest BCUT2D eigenvalue weighted by molar-refractivity contribution is 5.39. The third-order valence-corrected chi connectivity index (χ3v) is 2.26. The van der Waals surface area contributed by atoms with Crippen LogP contribution in [0.3, 0.4) is 0 Å². The average molecular weight is 209 g/mol. The third-order valence-electron chi connectivity index (χ3n) is 2.26. The minimum atomic E-state index is 0.390. The van der Waals surface area contributed by atoms with Crippen molar-refractivity contribution in [3.05, 3.63) is 29.3 Å². The normalized spacial score (nSPS) is 10.5. The lowest BCUT2D eigenvalue weighted by atomic mass is 10.1. The van der Waals surface area contributed by atoms with E-state index in [1.54, 1.807) is 0 Å². The van der Waals surface area contributed by atoms with Crippen molar-refractivity contribution in [2.75, 3.05) is 19.8 Å². The SMILES string of the molecule is CCOCCNCc1cccc(C)c1O. The summed E-state index contributed by atoms with van der Waals surface area (Å²) in [5.41, 5.74) is 1.85. The Bertz CT molecular complexity index is 300. The number of phenolic OH excluding ortho intramolecular Hbond substituents is 1. The summed E-state index contributed by atoms with van der Waals surface area (Å²) >= 11 is 0. The molecule has 0 amide bonds. The van der Waals surface area contributed by atoms with Gasteiger partial charge in [-0.3, -0.25) is 0 Å². The fraction of sp³-hybridized carbons (Fsp3) is 0.500. The fourth-order valence-electron chi connectivity index (χ4n) is 1.37. The van der Waals surface area contributed by atoms with Gasteiger partial charge in [0.15, 0.2) is 0 Å².